The van der Waals surface area contributed by atoms with Crippen molar-refractivity contribution in [2.24, 2.45) is 0 Å². The lowest BCUT2D eigenvalue weighted by Gasteiger charge is -2.22. The summed E-state index contributed by atoms with van der Waals surface area (Å²) in [5.41, 5.74) is 4.51. The molecule has 1 aliphatic carbocycles. The van der Waals surface area contributed by atoms with E-state index in [2.05, 4.69) is 12.1 Å². The van der Waals surface area contributed by atoms with E-state index in [4.69, 9.17) is 9.47 Å². The third-order valence-electron chi connectivity index (χ3n) is 6.16. The number of ether oxygens (including phenoxy) is 2. The molecule has 0 spiro atoms. The molecule has 1 saturated heterocycles. The highest BCUT2D eigenvalue weighted by atomic mass is 16.6. The molecule has 3 aromatic rings. The van der Waals surface area contributed by atoms with Crippen LogP contribution in [0.15, 0.2) is 78.9 Å². The SMILES string of the molecule is O=C(O)[C@H]1C[C@@H](Oc2ccccc2)CN1C(=O)OCC1c2ccccc2-c2ccccc21. The molecule has 1 aliphatic heterocycles. The fourth-order valence-corrected chi connectivity index (χ4v) is 4.69. The molecule has 2 aliphatic rings. The van der Waals surface area contributed by atoms with Crippen molar-refractivity contribution in [2.75, 3.05) is 13.2 Å². The van der Waals surface area contributed by atoms with Crippen molar-refractivity contribution in [1.82, 2.24) is 4.90 Å². The Bertz CT molecular complexity index is 1100. The summed E-state index contributed by atoms with van der Waals surface area (Å²) in [5, 5.41) is 9.65. The number of carboxylic acids is 1. The number of likely N-dealkylation sites (tertiary alicyclic amines) is 1. The Balaban J connectivity index is 1.30. The molecule has 1 N–H and O–H groups in total. The van der Waals surface area contributed by atoms with Crippen molar-refractivity contribution in [1.29, 1.82) is 0 Å². The van der Waals surface area contributed by atoms with Gasteiger partial charge < -0.3 is 14.6 Å². The zero-order valence-corrected chi connectivity index (χ0v) is 17.4. The van der Waals surface area contributed by atoms with E-state index >= 15 is 0 Å². The molecule has 1 fully saturated rings. The van der Waals surface area contributed by atoms with E-state index in [-0.39, 0.29) is 25.5 Å². The Hall–Kier alpha value is -3.80. The number of hydrogen-bond acceptors (Lipinski definition) is 4. The maximum Gasteiger partial charge on any atom is 0.410 e. The lowest BCUT2D eigenvalue weighted by atomic mass is 9.98. The van der Waals surface area contributed by atoms with E-state index in [1.54, 1.807) is 0 Å². The normalized spacial score (nSPS) is 19.3. The van der Waals surface area contributed by atoms with Crippen molar-refractivity contribution < 1.29 is 24.2 Å². The van der Waals surface area contributed by atoms with Gasteiger partial charge in [0.15, 0.2) is 0 Å². The summed E-state index contributed by atoms with van der Waals surface area (Å²) in [7, 11) is 0. The van der Waals surface area contributed by atoms with Gasteiger partial charge in [0, 0.05) is 12.3 Å². The quantitative estimate of drug-likeness (QED) is 0.644. The number of aliphatic carboxylic acids is 1. The Labute approximate surface area is 186 Å². The predicted octanol–water partition coefficient (Wildman–Crippen LogP) is 4.54. The monoisotopic (exact) mass is 429 g/mol. The molecule has 1 amide bonds. The Kier molecular flexibility index (Phi) is 5.27. The van der Waals surface area contributed by atoms with Crippen LogP contribution >= 0.6 is 0 Å². The summed E-state index contributed by atoms with van der Waals surface area (Å²) >= 11 is 0. The molecule has 0 aromatic heterocycles. The molecule has 0 bridgehead atoms. The minimum Gasteiger partial charge on any atom is -0.488 e. The third kappa shape index (κ3) is 3.68. The van der Waals surface area contributed by atoms with Crippen LogP contribution in [-0.4, -0.2) is 47.4 Å². The average molecular weight is 429 g/mol. The molecule has 1 heterocycles. The fourth-order valence-electron chi connectivity index (χ4n) is 4.69. The molecule has 2 atom stereocenters. The number of fused-ring (bicyclic) bond motifs is 3. The average Bonchev–Trinajstić information content (AvgIpc) is 3.38. The number of amides is 1. The van der Waals surface area contributed by atoms with Crippen LogP contribution < -0.4 is 4.74 Å². The Morgan fingerprint density at radius 1 is 0.875 bits per heavy atom. The summed E-state index contributed by atoms with van der Waals surface area (Å²) in [4.78, 5) is 26.0. The predicted molar refractivity (Wildman–Crippen MR) is 119 cm³/mol. The van der Waals surface area contributed by atoms with Gasteiger partial charge in [0.1, 0.15) is 24.5 Å². The highest BCUT2D eigenvalue weighted by molar-refractivity contribution is 5.81. The van der Waals surface area contributed by atoms with E-state index in [1.807, 2.05) is 66.7 Å². The van der Waals surface area contributed by atoms with Gasteiger partial charge in [-0.3, -0.25) is 4.90 Å². The largest absolute Gasteiger partial charge is 0.488 e. The van der Waals surface area contributed by atoms with Crippen molar-refractivity contribution in [3.05, 3.63) is 90.0 Å². The van der Waals surface area contributed by atoms with Gasteiger partial charge in [-0.1, -0.05) is 66.7 Å². The molecule has 162 valence electrons. The first-order chi connectivity index (χ1) is 15.6. The Morgan fingerprint density at radius 2 is 1.47 bits per heavy atom. The second-order valence-corrected chi connectivity index (χ2v) is 8.10. The molecular formula is C26H23NO5. The van der Waals surface area contributed by atoms with Crippen LogP contribution in [-0.2, 0) is 9.53 Å². The van der Waals surface area contributed by atoms with Gasteiger partial charge in [-0.05, 0) is 34.4 Å². The van der Waals surface area contributed by atoms with Crippen LogP contribution in [0.2, 0.25) is 0 Å². The van der Waals surface area contributed by atoms with Crippen molar-refractivity contribution in [3.8, 4) is 16.9 Å². The molecule has 5 rings (SSSR count). The molecule has 3 aromatic carbocycles. The van der Waals surface area contributed by atoms with Crippen molar-refractivity contribution >= 4 is 12.1 Å². The minimum atomic E-state index is -1.06. The number of rotatable bonds is 5. The zero-order valence-electron chi connectivity index (χ0n) is 17.4. The van der Waals surface area contributed by atoms with Crippen LogP contribution in [0.5, 0.6) is 5.75 Å². The van der Waals surface area contributed by atoms with Crippen LogP contribution in [0.3, 0.4) is 0 Å². The highest BCUT2D eigenvalue weighted by Crippen LogP contribution is 2.44. The summed E-state index contributed by atoms with van der Waals surface area (Å²) in [5.74, 6) is -0.484. The zero-order chi connectivity index (χ0) is 22.1. The number of carbonyl (C=O) groups excluding carboxylic acids is 1. The van der Waals surface area contributed by atoms with Gasteiger partial charge >= 0.3 is 12.1 Å². The first-order valence-electron chi connectivity index (χ1n) is 10.7. The Morgan fingerprint density at radius 3 is 2.09 bits per heavy atom. The number of carboxylic acid groups (broad SMARTS) is 1. The molecule has 0 saturated carbocycles. The van der Waals surface area contributed by atoms with E-state index in [0.717, 1.165) is 22.3 Å². The summed E-state index contributed by atoms with van der Waals surface area (Å²) in [6.45, 7) is 0.322. The van der Waals surface area contributed by atoms with Gasteiger partial charge in [-0.15, -0.1) is 0 Å². The van der Waals surface area contributed by atoms with E-state index in [0.29, 0.717) is 5.75 Å². The number of carbonyl (C=O) groups is 2. The van der Waals surface area contributed by atoms with Crippen LogP contribution in [0.1, 0.15) is 23.5 Å². The summed E-state index contributed by atoms with van der Waals surface area (Å²) < 4.78 is 11.6. The van der Waals surface area contributed by atoms with Crippen molar-refractivity contribution in [3.63, 3.8) is 0 Å². The first kappa shape index (κ1) is 20.1. The smallest absolute Gasteiger partial charge is 0.410 e. The van der Waals surface area contributed by atoms with Gasteiger partial charge in [-0.25, -0.2) is 9.59 Å². The van der Waals surface area contributed by atoms with Gasteiger partial charge in [0.05, 0.1) is 6.54 Å². The van der Waals surface area contributed by atoms with Crippen LogP contribution in [0, 0.1) is 0 Å². The maximum atomic E-state index is 12.9. The molecule has 6 heteroatoms. The first-order valence-corrected chi connectivity index (χ1v) is 10.7. The minimum absolute atomic E-state index is 0.0754. The standard InChI is InChI=1S/C26H23NO5/c28-25(29)24-14-18(32-17-8-2-1-3-9-17)15-27(24)26(30)31-16-23-21-12-6-4-10-19(21)20-11-5-7-13-22(20)23/h1-13,18,23-24H,14-16H2,(H,28,29)/t18-,24-/m1/s1. The topological polar surface area (TPSA) is 76.1 Å². The molecule has 0 radical (unpaired) electrons. The molecule has 32 heavy (non-hydrogen) atoms. The molecule has 0 unspecified atom stereocenters. The number of hydrogen-bond donors (Lipinski definition) is 1. The lowest BCUT2D eigenvalue weighted by molar-refractivity contribution is -0.141. The second kappa shape index (κ2) is 8.38. The summed E-state index contributed by atoms with van der Waals surface area (Å²) in [6.07, 6.45) is -0.813. The van der Waals surface area contributed by atoms with Crippen LogP contribution in [0.25, 0.3) is 11.1 Å². The summed E-state index contributed by atoms with van der Waals surface area (Å²) in [6, 6.07) is 24.4. The third-order valence-corrected chi connectivity index (χ3v) is 6.16. The number of benzene rings is 3. The molecule has 6 nitrogen and oxygen atoms in total. The van der Waals surface area contributed by atoms with Crippen molar-refractivity contribution in [2.45, 2.75) is 24.5 Å². The fraction of sp³-hybridized carbons (Fsp3) is 0.231. The highest BCUT2D eigenvalue weighted by Gasteiger charge is 2.42. The van der Waals surface area contributed by atoms with Crippen LogP contribution in [0.4, 0.5) is 4.79 Å². The van der Waals surface area contributed by atoms with Gasteiger partial charge in [0.25, 0.3) is 0 Å². The number of para-hydroxylation sites is 1. The van der Waals surface area contributed by atoms with E-state index < -0.39 is 24.2 Å². The lowest BCUT2D eigenvalue weighted by Crippen LogP contribution is -2.41. The van der Waals surface area contributed by atoms with E-state index in [1.165, 1.54) is 4.90 Å². The number of nitrogens with zero attached hydrogens (tertiary/aromatic N) is 1. The maximum absolute atomic E-state index is 12.9. The molecular weight excluding hydrogens is 406 g/mol. The van der Waals surface area contributed by atoms with E-state index in [9.17, 15) is 14.7 Å². The van der Waals surface area contributed by atoms with Gasteiger partial charge in [-0.2, -0.15) is 0 Å². The van der Waals surface area contributed by atoms with Gasteiger partial charge in [0.2, 0.25) is 0 Å². The second-order valence-electron chi connectivity index (χ2n) is 8.10.